The van der Waals surface area contributed by atoms with Crippen LogP contribution < -0.4 is 5.73 Å². The molecule has 1 aromatic carbocycles. The maximum absolute atomic E-state index is 12.0. The van der Waals surface area contributed by atoms with Crippen LogP contribution in [0.4, 0.5) is 0 Å². The SMILES string of the molecule is CN(CC(N)=O)C(=O)c1csc(-c2cccc(Cl)c2)n1. The summed E-state index contributed by atoms with van der Waals surface area (Å²) >= 11 is 7.26. The van der Waals surface area contributed by atoms with Gasteiger partial charge >= 0.3 is 0 Å². The summed E-state index contributed by atoms with van der Waals surface area (Å²) in [5, 5.41) is 2.95. The summed E-state index contributed by atoms with van der Waals surface area (Å²) in [5.41, 5.74) is 6.19. The zero-order valence-electron chi connectivity index (χ0n) is 10.7. The first-order chi connectivity index (χ1) is 9.47. The lowest BCUT2D eigenvalue weighted by molar-refractivity contribution is -0.118. The third-order valence-electron chi connectivity index (χ3n) is 2.53. The van der Waals surface area contributed by atoms with Crippen LogP contribution in [0.25, 0.3) is 10.6 Å². The minimum atomic E-state index is -0.564. The number of hydrogen-bond acceptors (Lipinski definition) is 4. The highest BCUT2D eigenvalue weighted by Crippen LogP contribution is 2.26. The maximum atomic E-state index is 12.0. The van der Waals surface area contributed by atoms with Crippen molar-refractivity contribution >= 4 is 34.8 Å². The van der Waals surface area contributed by atoms with Crippen LogP contribution >= 0.6 is 22.9 Å². The second-order valence-electron chi connectivity index (χ2n) is 4.18. The number of thiazole rings is 1. The fraction of sp³-hybridized carbons (Fsp3) is 0.154. The average Bonchev–Trinajstić information content (AvgIpc) is 2.86. The second-order valence-corrected chi connectivity index (χ2v) is 5.47. The second kappa shape index (κ2) is 6.02. The van der Waals surface area contributed by atoms with E-state index in [1.54, 1.807) is 17.5 Å². The quantitative estimate of drug-likeness (QED) is 0.938. The zero-order valence-corrected chi connectivity index (χ0v) is 12.2. The van der Waals surface area contributed by atoms with Crippen molar-refractivity contribution < 1.29 is 9.59 Å². The first-order valence-electron chi connectivity index (χ1n) is 5.72. The Bertz CT molecular complexity index is 657. The van der Waals surface area contributed by atoms with Gasteiger partial charge in [0.25, 0.3) is 5.91 Å². The van der Waals surface area contributed by atoms with Gasteiger partial charge in [0.2, 0.25) is 5.91 Å². The average molecular weight is 310 g/mol. The Labute approximate surface area is 125 Å². The number of amides is 2. The highest BCUT2D eigenvalue weighted by molar-refractivity contribution is 7.13. The highest BCUT2D eigenvalue weighted by Gasteiger charge is 2.17. The number of likely N-dealkylation sites (N-methyl/N-ethyl adjacent to an activating group) is 1. The van der Waals surface area contributed by atoms with Gasteiger partial charge in [-0.3, -0.25) is 9.59 Å². The predicted molar refractivity (Wildman–Crippen MR) is 78.7 cm³/mol. The lowest BCUT2D eigenvalue weighted by atomic mass is 10.2. The molecule has 2 N–H and O–H groups in total. The van der Waals surface area contributed by atoms with Crippen LogP contribution in [0.1, 0.15) is 10.5 Å². The minimum Gasteiger partial charge on any atom is -0.368 e. The van der Waals surface area contributed by atoms with Gasteiger partial charge in [-0.1, -0.05) is 23.7 Å². The smallest absolute Gasteiger partial charge is 0.273 e. The van der Waals surface area contributed by atoms with E-state index in [-0.39, 0.29) is 18.1 Å². The number of nitrogens with two attached hydrogens (primary N) is 1. The molecule has 7 heteroatoms. The standard InChI is InChI=1S/C13H12ClN3O2S/c1-17(6-11(15)18)13(19)10-7-20-12(16-10)8-3-2-4-9(14)5-8/h2-5,7H,6H2,1H3,(H2,15,18). The number of carbonyl (C=O) groups is 2. The van der Waals surface area contributed by atoms with E-state index in [0.29, 0.717) is 10.0 Å². The Morgan fingerprint density at radius 3 is 2.85 bits per heavy atom. The fourth-order valence-corrected chi connectivity index (χ4v) is 2.61. The van der Waals surface area contributed by atoms with Gasteiger partial charge in [-0.25, -0.2) is 4.98 Å². The molecule has 0 aliphatic rings. The van der Waals surface area contributed by atoms with E-state index in [1.165, 1.54) is 23.3 Å². The molecular formula is C13H12ClN3O2S. The zero-order chi connectivity index (χ0) is 14.7. The minimum absolute atomic E-state index is 0.136. The Morgan fingerprint density at radius 2 is 2.20 bits per heavy atom. The number of aromatic nitrogens is 1. The normalized spacial score (nSPS) is 10.3. The van der Waals surface area contributed by atoms with Gasteiger partial charge in [0.15, 0.2) is 0 Å². The van der Waals surface area contributed by atoms with Crippen molar-refractivity contribution in [3.63, 3.8) is 0 Å². The molecule has 2 aromatic rings. The van der Waals surface area contributed by atoms with Crippen molar-refractivity contribution in [2.24, 2.45) is 5.73 Å². The van der Waals surface area contributed by atoms with Crippen LogP contribution in [-0.2, 0) is 4.79 Å². The molecule has 0 spiro atoms. The van der Waals surface area contributed by atoms with Gasteiger partial charge < -0.3 is 10.6 Å². The summed E-state index contributed by atoms with van der Waals surface area (Å²) in [4.78, 5) is 28.3. The van der Waals surface area contributed by atoms with Crippen molar-refractivity contribution in [1.29, 1.82) is 0 Å². The third kappa shape index (κ3) is 3.34. The van der Waals surface area contributed by atoms with Crippen LogP contribution in [0.5, 0.6) is 0 Å². The molecule has 0 aliphatic carbocycles. The molecule has 5 nitrogen and oxygen atoms in total. The molecular weight excluding hydrogens is 298 g/mol. The number of carbonyl (C=O) groups excluding carboxylic acids is 2. The highest BCUT2D eigenvalue weighted by atomic mass is 35.5. The fourth-order valence-electron chi connectivity index (χ4n) is 1.63. The summed E-state index contributed by atoms with van der Waals surface area (Å²) in [5.74, 6) is -0.903. The monoisotopic (exact) mass is 309 g/mol. The number of hydrogen-bond donors (Lipinski definition) is 1. The summed E-state index contributed by atoms with van der Waals surface area (Å²) < 4.78 is 0. The number of halogens is 1. The number of rotatable bonds is 4. The molecule has 20 heavy (non-hydrogen) atoms. The lowest BCUT2D eigenvalue weighted by Crippen LogP contribution is -2.35. The van der Waals surface area contributed by atoms with Crippen LogP contribution in [0, 0.1) is 0 Å². The van der Waals surface area contributed by atoms with E-state index in [1.807, 2.05) is 12.1 Å². The van der Waals surface area contributed by atoms with Crippen molar-refractivity contribution in [2.75, 3.05) is 13.6 Å². The van der Waals surface area contributed by atoms with E-state index < -0.39 is 5.91 Å². The van der Waals surface area contributed by atoms with Gasteiger partial charge in [-0.2, -0.15) is 0 Å². The van der Waals surface area contributed by atoms with Gasteiger partial charge in [-0.15, -0.1) is 11.3 Å². The number of primary amides is 1. The van der Waals surface area contributed by atoms with Gasteiger partial charge in [-0.05, 0) is 12.1 Å². The molecule has 0 unspecified atom stereocenters. The first kappa shape index (κ1) is 14.5. The van der Waals surface area contributed by atoms with E-state index in [4.69, 9.17) is 17.3 Å². The van der Waals surface area contributed by atoms with E-state index in [9.17, 15) is 9.59 Å². The van der Waals surface area contributed by atoms with E-state index in [0.717, 1.165) is 5.56 Å². The van der Waals surface area contributed by atoms with Crippen LogP contribution in [0.2, 0.25) is 5.02 Å². The molecule has 2 rings (SSSR count). The Balaban J connectivity index is 2.21. The summed E-state index contributed by atoms with van der Waals surface area (Å²) in [7, 11) is 1.51. The largest absolute Gasteiger partial charge is 0.368 e. The molecule has 104 valence electrons. The summed E-state index contributed by atoms with van der Waals surface area (Å²) in [6, 6.07) is 7.24. The summed E-state index contributed by atoms with van der Waals surface area (Å²) in [6.07, 6.45) is 0. The number of benzene rings is 1. The molecule has 0 radical (unpaired) electrons. The lowest BCUT2D eigenvalue weighted by Gasteiger charge is -2.12. The van der Waals surface area contributed by atoms with E-state index >= 15 is 0 Å². The van der Waals surface area contributed by atoms with Crippen molar-refractivity contribution in [1.82, 2.24) is 9.88 Å². The number of nitrogens with zero attached hydrogens (tertiary/aromatic N) is 2. The molecule has 1 aromatic heterocycles. The Morgan fingerprint density at radius 1 is 1.45 bits per heavy atom. The van der Waals surface area contributed by atoms with Crippen molar-refractivity contribution in [3.8, 4) is 10.6 Å². The first-order valence-corrected chi connectivity index (χ1v) is 6.98. The molecule has 0 atom stereocenters. The molecule has 0 fully saturated rings. The van der Waals surface area contributed by atoms with Crippen LogP contribution in [0.3, 0.4) is 0 Å². The van der Waals surface area contributed by atoms with Gasteiger partial charge in [0.1, 0.15) is 10.7 Å². The Kier molecular flexibility index (Phi) is 4.36. The van der Waals surface area contributed by atoms with Gasteiger partial charge in [0.05, 0.1) is 6.54 Å². The van der Waals surface area contributed by atoms with Crippen LogP contribution in [0.15, 0.2) is 29.6 Å². The topological polar surface area (TPSA) is 76.3 Å². The van der Waals surface area contributed by atoms with E-state index in [2.05, 4.69) is 4.98 Å². The Hall–Kier alpha value is -1.92. The van der Waals surface area contributed by atoms with Crippen LogP contribution in [-0.4, -0.2) is 35.3 Å². The third-order valence-corrected chi connectivity index (χ3v) is 3.66. The van der Waals surface area contributed by atoms with Gasteiger partial charge in [0, 0.05) is 23.0 Å². The maximum Gasteiger partial charge on any atom is 0.273 e. The molecule has 0 bridgehead atoms. The predicted octanol–water partition coefficient (Wildman–Crippen LogP) is 2.02. The molecule has 0 aliphatic heterocycles. The van der Waals surface area contributed by atoms with Crippen molar-refractivity contribution in [2.45, 2.75) is 0 Å². The molecule has 0 saturated carbocycles. The van der Waals surface area contributed by atoms with Crippen molar-refractivity contribution in [3.05, 3.63) is 40.4 Å². The molecule has 1 heterocycles. The summed E-state index contributed by atoms with van der Waals surface area (Å²) in [6.45, 7) is -0.136. The molecule has 2 amide bonds. The molecule has 0 saturated heterocycles.